The number of rotatable bonds is 7. The number of aryl methyl sites for hydroxylation is 2. The SMILES string of the molecule is COc1ccc(CCNc2nc(C)cc(C)c2C(N)=O)cc1OC. The lowest BCUT2D eigenvalue weighted by Crippen LogP contribution is -2.18. The first kappa shape index (κ1) is 17.6. The number of anilines is 1. The number of aromatic nitrogens is 1. The monoisotopic (exact) mass is 329 g/mol. The van der Waals surface area contributed by atoms with Crippen LogP contribution in [0, 0.1) is 13.8 Å². The molecule has 6 heteroatoms. The fourth-order valence-corrected chi connectivity index (χ4v) is 2.64. The van der Waals surface area contributed by atoms with Crippen LogP contribution in [-0.4, -0.2) is 31.7 Å². The maximum absolute atomic E-state index is 11.7. The van der Waals surface area contributed by atoms with E-state index in [1.807, 2.05) is 38.1 Å². The number of primary amides is 1. The number of carbonyl (C=O) groups is 1. The molecule has 24 heavy (non-hydrogen) atoms. The zero-order valence-electron chi connectivity index (χ0n) is 14.5. The van der Waals surface area contributed by atoms with E-state index in [-0.39, 0.29) is 0 Å². The highest BCUT2D eigenvalue weighted by atomic mass is 16.5. The zero-order valence-corrected chi connectivity index (χ0v) is 14.5. The van der Waals surface area contributed by atoms with Crippen LogP contribution in [0.3, 0.4) is 0 Å². The van der Waals surface area contributed by atoms with Gasteiger partial charge in [-0.3, -0.25) is 4.79 Å². The van der Waals surface area contributed by atoms with E-state index in [1.54, 1.807) is 14.2 Å². The molecule has 0 unspecified atom stereocenters. The number of pyridine rings is 1. The fourth-order valence-electron chi connectivity index (χ4n) is 2.64. The molecule has 0 fully saturated rings. The van der Waals surface area contributed by atoms with Crippen LogP contribution < -0.4 is 20.5 Å². The highest BCUT2D eigenvalue weighted by molar-refractivity contribution is 5.99. The van der Waals surface area contributed by atoms with Crippen molar-refractivity contribution in [3.05, 3.63) is 46.6 Å². The van der Waals surface area contributed by atoms with Crippen molar-refractivity contribution in [1.29, 1.82) is 0 Å². The van der Waals surface area contributed by atoms with E-state index >= 15 is 0 Å². The number of nitrogens with zero attached hydrogens (tertiary/aromatic N) is 1. The van der Waals surface area contributed by atoms with Crippen LogP contribution in [-0.2, 0) is 6.42 Å². The molecule has 0 bridgehead atoms. The molecule has 1 aromatic carbocycles. The maximum Gasteiger partial charge on any atom is 0.252 e. The highest BCUT2D eigenvalue weighted by Gasteiger charge is 2.13. The quantitative estimate of drug-likeness (QED) is 0.815. The number of nitrogens with one attached hydrogen (secondary N) is 1. The van der Waals surface area contributed by atoms with Gasteiger partial charge in [-0.25, -0.2) is 4.98 Å². The predicted molar refractivity (Wildman–Crippen MR) is 94.0 cm³/mol. The molecule has 2 rings (SSSR count). The Morgan fingerprint density at radius 3 is 2.50 bits per heavy atom. The Hall–Kier alpha value is -2.76. The number of carbonyl (C=O) groups excluding carboxylic acids is 1. The second-order valence-corrected chi connectivity index (χ2v) is 5.53. The molecule has 0 aliphatic carbocycles. The van der Waals surface area contributed by atoms with Crippen molar-refractivity contribution in [2.75, 3.05) is 26.1 Å². The molecule has 0 saturated carbocycles. The number of hydrogen-bond acceptors (Lipinski definition) is 5. The summed E-state index contributed by atoms with van der Waals surface area (Å²) in [7, 11) is 3.22. The number of hydrogen-bond donors (Lipinski definition) is 2. The Balaban J connectivity index is 2.11. The molecule has 1 amide bonds. The molecule has 0 saturated heterocycles. The Morgan fingerprint density at radius 2 is 1.88 bits per heavy atom. The minimum Gasteiger partial charge on any atom is -0.493 e. The molecule has 0 spiro atoms. The van der Waals surface area contributed by atoms with Gasteiger partial charge in [0.2, 0.25) is 0 Å². The molecule has 3 N–H and O–H groups in total. The lowest BCUT2D eigenvalue weighted by atomic mass is 10.1. The van der Waals surface area contributed by atoms with Gasteiger partial charge in [0, 0.05) is 12.2 Å². The van der Waals surface area contributed by atoms with E-state index < -0.39 is 5.91 Å². The van der Waals surface area contributed by atoms with Gasteiger partial charge >= 0.3 is 0 Å². The molecule has 0 radical (unpaired) electrons. The topological polar surface area (TPSA) is 86.5 Å². The minimum absolute atomic E-state index is 0.438. The van der Waals surface area contributed by atoms with E-state index in [0.29, 0.717) is 29.4 Å². The van der Waals surface area contributed by atoms with Gasteiger partial charge in [0.1, 0.15) is 5.82 Å². The molecule has 2 aromatic rings. The summed E-state index contributed by atoms with van der Waals surface area (Å²) in [5.41, 5.74) is 8.66. The summed E-state index contributed by atoms with van der Waals surface area (Å²) in [5, 5.41) is 3.21. The second kappa shape index (κ2) is 7.68. The molecule has 0 aliphatic rings. The third kappa shape index (κ3) is 3.95. The van der Waals surface area contributed by atoms with Crippen molar-refractivity contribution < 1.29 is 14.3 Å². The lowest BCUT2D eigenvalue weighted by molar-refractivity contribution is 0.1000. The number of methoxy groups -OCH3 is 2. The number of nitrogens with two attached hydrogens (primary N) is 1. The highest BCUT2D eigenvalue weighted by Crippen LogP contribution is 2.27. The standard InChI is InChI=1S/C18H23N3O3/c1-11-9-12(2)21-18(16(11)17(19)22)20-8-7-13-5-6-14(23-3)15(10-13)24-4/h5-6,9-10H,7-8H2,1-4H3,(H2,19,22)(H,20,21). The Kier molecular flexibility index (Phi) is 5.63. The third-order valence-electron chi connectivity index (χ3n) is 3.75. The zero-order chi connectivity index (χ0) is 17.7. The smallest absolute Gasteiger partial charge is 0.252 e. The predicted octanol–water partition coefficient (Wildman–Crippen LogP) is 2.47. The summed E-state index contributed by atoms with van der Waals surface area (Å²) in [5.74, 6) is 1.44. The van der Waals surface area contributed by atoms with Gasteiger partial charge < -0.3 is 20.5 Å². The van der Waals surface area contributed by atoms with Crippen molar-refractivity contribution in [1.82, 2.24) is 4.98 Å². The number of amides is 1. The largest absolute Gasteiger partial charge is 0.493 e. The Bertz CT molecular complexity index is 745. The van der Waals surface area contributed by atoms with Gasteiger partial charge in [-0.05, 0) is 49.6 Å². The van der Waals surface area contributed by atoms with Crippen LogP contribution >= 0.6 is 0 Å². The molecule has 0 atom stereocenters. The summed E-state index contributed by atoms with van der Waals surface area (Å²) in [6.07, 6.45) is 0.743. The van der Waals surface area contributed by atoms with Crippen LogP contribution in [0.1, 0.15) is 27.2 Å². The van der Waals surface area contributed by atoms with Gasteiger partial charge in [-0.1, -0.05) is 6.07 Å². The van der Waals surface area contributed by atoms with Crippen molar-refractivity contribution in [2.45, 2.75) is 20.3 Å². The minimum atomic E-state index is -0.478. The molecule has 1 aromatic heterocycles. The van der Waals surface area contributed by atoms with Gasteiger partial charge in [-0.2, -0.15) is 0 Å². The Morgan fingerprint density at radius 1 is 1.17 bits per heavy atom. The first-order valence-corrected chi connectivity index (χ1v) is 7.69. The average Bonchev–Trinajstić information content (AvgIpc) is 2.53. The van der Waals surface area contributed by atoms with Crippen LogP contribution in [0.5, 0.6) is 11.5 Å². The van der Waals surface area contributed by atoms with Crippen molar-refractivity contribution >= 4 is 11.7 Å². The first-order chi connectivity index (χ1) is 11.5. The molecule has 128 valence electrons. The number of benzene rings is 1. The van der Waals surface area contributed by atoms with Crippen LogP contribution in [0.15, 0.2) is 24.3 Å². The van der Waals surface area contributed by atoms with E-state index in [4.69, 9.17) is 15.2 Å². The van der Waals surface area contributed by atoms with Crippen molar-refractivity contribution in [2.24, 2.45) is 5.73 Å². The van der Waals surface area contributed by atoms with Gasteiger partial charge in [0.05, 0.1) is 19.8 Å². The average molecular weight is 329 g/mol. The summed E-state index contributed by atoms with van der Waals surface area (Å²) in [6, 6.07) is 7.63. The fraction of sp³-hybridized carbons (Fsp3) is 0.333. The van der Waals surface area contributed by atoms with Crippen molar-refractivity contribution in [3.8, 4) is 11.5 Å². The molecule has 0 aliphatic heterocycles. The second-order valence-electron chi connectivity index (χ2n) is 5.53. The first-order valence-electron chi connectivity index (χ1n) is 7.69. The normalized spacial score (nSPS) is 10.3. The summed E-state index contributed by atoms with van der Waals surface area (Å²) >= 11 is 0. The van der Waals surface area contributed by atoms with Gasteiger partial charge in [0.15, 0.2) is 11.5 Å². The van der Waals surface area contributed by atoms with Crippen molar-refractivity contribution in [3.63, 3.8) is 0 Å². The summed E-state index contributed by atoms with van der Waals surface area (Å²) in [4.78, 5) is 16.0. The molecule has 1 heterocycles. The van der Waals surface area contributed by atoms with Crippen LogP contribution in [0.25, 0.3) is 0 Å². The van der Waals surface area contributed by atoms with E-state index in [0.717, 1.165) is 23.2 Å². The van der Waals surface area contributed by atoms with Gasteiger partial charge in [0.25, 0.3) is 5.91 Å². The summed E-state index contributed by atoms with van der Waals surface area (Å²) < 4.78 is 10.5. The Labute approximate surface area is 142 Å². The van der Waals surface area contributed by atoms with E-state index in [2.05, 4.69) is 10.3 Å². The van der Waals surface area contributed by atoms with Crippen LogP contribution in [0.4, 0.5) is 5.82 Å². The third-order valence-corrected chi connectivity index (χ3v) is 3.75. The van der Waals surface area contributed by atoms with E-state index in [1.165, 1.54) is 0 Å². The maximum atomic E-state index is 11.7. The molecular weight excluding hydrogens is 306 g/mol. The summed E-state index contributed by atoms with van der Waals surface area (Å²) in [6.45, 7) is 4.36. The molecular formula is C18H23N3O3. The number of ether oxygens (including phenoxy) is 2. The van der Waals surface area contributed by atoms with E-state index in [9.17, 15) is 4.79 Å². The molecule has 6 nitrogen and oxygen atoms in total. The lowest BCUT2D eigenvalue weighted by Gasteiger charge is -2.13. The van der Waals surface area contributed by atoms with Crippen LogP contribution in [0.2, 0.25) is 0 Å². The van der Waals surface area contributed by atoms with Gasteiger partial charge in [-0.15, -0.1) is 0 Å².